The highest BCUT2D eigenvalue weighted by Crippen LogP contribution is 2.33. The van der Waals surface area contributed by atoms with Gasteiger partial charge in [0.25, 0.3) is 0 Å². The predicted octanol–water partition coefficient (Wildman–Crippen LogP) is 7.39. The zero-order valence-corrected chi connectivity index (χ0v) is 19.6. The van der Waals surface area contributed by atoms with Crippen molar-refractivity contribution in [3.8, 4) is 5.75 Å². The summed E-state index contributed by atoms with van der Waals surface area (Å²) >= 11 is 0. The van der Waals surface area contributed by atoms with Crippen molar-refractivity contribution < 1.29 is 14.6 Å². The molecule has 1 aromatic carbocycles. The molecule has 3 heteroatoms. The molecule has 1 N–H and O–H groups in total. The van der Waals surface area contributed by atoms with Gasteiger partial charge in [-0.05, 0) is 47.9 Å². The smallest absolute Gasteiger partial charge is 0.306 e. The summed E-state index contributed by atoms with van der Waals surface area (Å²) in [6.45, 7) is 11.0. The fourth-order valence-corrected chi connectivity index (χ4v) is 3.69. The SMILES string of the molecule is CCCCCCCCCCCCOC(=O)CCc1cc(C(C)(C)C)c(O)cc1C. The van der Waals surface area contributed by atoms with E-state index in [0.717, 1.165) is 29.5 Å². The van der Waals surface area contributed by atoms with Crippen LogP contribution in [0.1, 0.15) is 115 Å². The van der Waals surface area contributed by atoms with Gasteiger partial charge in [0.15, 0.2) is 0 Å². The van der Waals surface area contributed by atoms with Crippen molar-refractivity contribution in [3.63, 3.8) is 0 Å². The summed E-state index contributed by atoms with van der Waals surface area (Å²) < 4.78 is 5.41. The molecule has 0 amide bonds. The maximum absolute atomic E-state index is 12.1. The average Bonchev–Trinajstić information content (AvgIpc) is 2.64. The number of ether oxygens (including phenoxy) is 1. The number of carbonyl (C=O) groups excluding carboxylic acids is 1. The standard InChI is InChI=1S/C26H44O3/c1-6-7-8-9-10-11-12-13-14-15-18-29-25(28)17-16-22-20-23(26(3,4)5)24(27)19-21(22)2/h19-20,27H,6-18H2,1-5H3. The molecule has 0 saturated carbocycles. The molecule has 0 saturated heterocycles. The van der Waals surface area contributed by atoms with Crippen molar-refractivity contribution in [1.82, 2.24) is 0 Å². The highest BCUT2D eigenvalue weighted by atomic mass is 16.5. The topological polar surface area (TPSA) is 46.5 Å². The molecule has 166 valence electrons. The van der Waals surface area contributed by atoms with Gasteiger partial charge in [-0.3, -0.25) is 4.79 Å². The molecule has 0 bridgehead atoms. The quantitative estimate of drug-likeness (QED) is 0.260. The van der Waals surface area contributed by atoms with E-state index in [1.807, 2.05) is 19.1 Å². The lowest BCUT2D eigenvalue weighted by Crippen LogP contribution is -2.13. The lowest BCUT2D eigenvalue weighted by Gasteiger charge is -2.22. The number of aromatic hydroxyl groups is 1. The number of hydrogen-bond donors (Lipinski definition) is 1. The van der Waals surface area contributed by atoms with E-state index in [-0.39, 0.29) is 11.4 Å². The highest BCUT2D eigenvalue weighted by molar-refractivity contribution is 5.69. The Labute approximate surface area is 179 Å². The van der Waals surface area contributed by atoms with E-state index >= 15 is 0 Å². The Morgan fingerprint density at radius 1 is 0.931 bits per heavy atom. The molecule has 29 heavy (non-hydrogen) atoms. The van der Waals surface area contributed by atoms with Gasteiger partial charge >= 0.3 is 5.97 Å². The van der Waals surface area contributed by atoms with Gasteiger partial charge in [0.2, 0.25) is 0 Å². The van der Waals surface area contributed by atoms with Gasteiger partial charge < -0.3 is 9.84 Å². The zero-order valence-electron chi connectivity index (χ0n) is 19.6. The molecular formula is C26H44O3. The number of aryl methyl sites for hydroxylation is 2. The van der Waals surface area contributed by atoms with Crippen LogP contribution in [0.4, 0.5) is 0 Å². The summed E-state index contributed by atoms with van der Waals surface area (Å²) in [6, 6.07) is 3.85. The molecule has 0 aliphatic rings. The number of phenolic OH excluding ortho intramolecular Hbond substituents is 1. The summed E-state index contributed by atoms with van der Waals surface area (Å²) in [4.78, 5) is 12.1. The Kier molecular flexibility index (Phi) is 12.0. The minimum Gasteiger partial charge on any atom is -0.508 e. The minimum absolute atomic E-state index is 0.120. The van der Waals surface area contributed by atoms with Crippen molar-refractivity contribution in [2.24, 2.45) is 0 Å². The first kappa shape index (κ1) is 25.5. The molecule has 0 spiro atoms. The monoisotopic (exact) mass is 404 g/mol. The van der Waals surface area contributed by atoms with Crippen LogP contribution in [0, 0.1) is 6.92 Å². The predicted molar refractivity (Wildman–Crippen MR) is 123 cm³/mol. The fourth-order valence-electron chi connectivity index (χ4n) is 3.69. The molecule has 3 nitrogen and oxygen atoms in total. The Morgan fingerprint density at radius 2 is 1.48 bits per heavy atom. The van der Waals surface area contributed by atoms with Crippen LogP contribution in [-0.2, 0) is 21.4 Å². The van der Waals surface area contributed by atoms with Crippen LogP contribution in [-0.4, -0.2) is 17.7 Å². The summed E-state index contributed by atoms with van der Waals surface area (Å²) in [7, 11) is 0. The largest absolute Gasteiger partial charge is 0.508 e. The third-order valence-electron chi connectivity index (χ3n) is 5.62. The lowest BCUT2D eigenvalue weighted by molar-refractivity contribution is -0.143. The van der Waals surface area contributed by atoms with Crippen LogP contribution in [0.3, 0.4) is 0 Å². The van der Waals surface area contributed by atoms with E-state index in [1.165, 1.54) is 51.4 Å². The minimum atomic E-state index is -0.122. The first-order chi connectivity index (χ1) is 13.8. The molecule has 1 aromatic rings. The third kappa shape index (κ3) is 10.7. The van der Waals surface area contributed by atoms with E-state index in [4.69, 9.17) is 4.74 Å². The van der Waals surface area contributed by atoms with Gasteiger partial charge in [-0.25, -0.2) is 0 Å². The summed E-state index contributed by atoms with van der Waals surface area (Å²) in [6.07, 6.45) is 13.9. The molecule has 0 heterocycles. The lowest BCUT2D eigenvalue weighted by atomic mass is 9.84. The van der Waals surface area contributed by atoms with Gasteiger partial charge in [0.05, 0.1) is 6.61 Å². The molecule has 1 rings (SSSR count). The van der Waals surface area contributed by atoms with Gasteiger partial charge in [0, 0.05) is 6.42 Å². The first-order valence-corrected chi connectivity index (χ1v) is 11.7. The zero-order chi connectivity index (χ0) is 21.7. The van der Waals surface area contributed by atoms with E-state index in [1.54, 1.807) is 0 Å². The fraction of sp³-hybridized carbons (Fsp3) is 0.731. The van der Waals surface area contributed by atoms with E-state index in [0.29, 0.717) is 25.2 Å². The maximum Gasteiger partial charge on any atom is 0.306 e. The second kappa shape index (κ2) is 13.7. The van der Waals surface area contributed by atoms with Crippen molar-refractivity contribution in [2.45, 2.75) is 117 Å². The van der Waals surface area contributed by atoms with Crippen molar-refractivity contribution in [1.29, 1.82) is 0 Å². The van der Waals surface area contributed by atoms with Crippen LogP contribution >= 0.6 is 0 Å². The molecule has 0 radical (unpaired) electrons. The van der Waals surface area contributed by atoms with Crippen molar-refractivity contribution in [2.75, 3.05) is 6.61 Å². The summed E-state index contributed by atoms with van der Waals surface area (Å²) in [5.74, 6) is 0.216. The second-order valence-electron chi connectivity index (χ2n) is 9.45. The molecule has 0 aromatic heterocycles. The van der Waals surface area contributed by atoms with Crippen LogP contribution in [0.15, 0.2) is 12.1 Å². The average molecular weight is 405 g/mol. The maximum atomic E-state index is 12.1. The number of phenols is 1. The number of unbranched alkanes of at least 4 members (excludes halogenated alkanes) is 9. The van der Waals surface area contributed by atoms with E-state index in [2.05, 4.69) is 27.7 Å². The first-order valence-electron chi connectivity index (χ1n) is 11.7. The van der Waals surface area contributed by atoms with Gasteiger partial charge in [-0.2, -0.15) is 0 Å². The summed E-state index contributed by atoms with van der Waals surface area (Å²) in [5.41, 5.74) is 2.95. The Bertz CT molecular complexity index is 599. The molecule has 0 fully saturated rings. The van der Waals surface area contributed by atoms with Crippen LogP contribution in [0.25, 0.3) is 0 Å². The number of esters is 1. The number of hydrogen-bond acceptors (Lipinski definition) is 3. The molecule has 0 unspecified atom stereocenters. The Hall–Kier alpha value is -1.51. The molecule has 0 atom stereocenters. The number of rotatable bonds is 14. The van der Waals surface area contributed by atoms with E-state index in [9.17, 15) is 9.90 Å². The van der Waals surface area contributed by atoms with Gasteiger partial charge in [-0.1, -0.05) is 91.5 Å². The number of carbonyl (C=O) groups is 1. The third-order valence-corrected chi connectivity index (χ3v) is 5.62. The second-order valence-corrected chi connectivity index (χ2v) is 9.45. The van der Waals surface area contributed by atoms with Gasteiger partial charge in [-0.15, -0.1) is 0 Å². The van der Waals surface area contributed by atoms with Gasteiger partial charge in [0.1, 0.15) is 5.75 Å². The highest BCUT2D eigenvalue weighted by Gasteiger charge is 2.19. The molecule has 0 aliphatic heterocycles. The van der Waals surface area contributed by atoms with Crippen LogP contribution < -0.4 is 0 Å². The summed E-state index contributed by atoms with van der Waals surface area (Å²) in [5, 5.41) is 10.2. The van der Waals surface area contributed by atoms with E-state index < -0.39 is 0 Å². The normalized spacial score (nSPS) is 11.6. The van der Waals surface area contributed by atoms with Crippen LogP contribution in [0.5, 0.6) is 5.75 Å². The van der Waals surface area contributed by atoms with Crippen molar-refractivity contribution in [3.05, 3.63) is 28.8 Å². The Morgan fingerprint density at radius 3 is 2.03 bits per heavy atom. The molecular weight excluding hydrogens is 360 g/mol. The molecule has 0 aliphatic carbocycles. The number of benzene rings is 1. The van der Waals surface area contributed by atoms with Crippen LogP contribution in [0.2, 0.25) is 0 Å². The Balaban J connectivity index is 2.19. The van der Waals surface area contributed by atoms with Crippen molar-refractivity contribution >= 4 is 5.97 Å².